The predicted octanol–water partition coefficient (Wildman–Crippen LogP) is 1.68. The monoisotopic (exact) mass is 343 g/mol. The normalized spacial score (nSPS) is 19.7. The molecule has 0 bridgehead atoms. The highest BCUT2D eigenvalue weighted by Gasteiger charge is 2.43. The molecule has 2 aliphatic rings. The van der Waals surface area contributed by atoms with Crippen molar-refractivity contribution in [2.24, 2.45) is 0 Å². The first-order chi connectivity index (χ1) is 12.0. The molecule has 0 spiro atoms. The molecule has 1 aromatic rings. The number of nitrogens with one attached hydrogen (secondary N) is 1. The lowest BCUT2D eigenvalue weighted by atomic mass is 9.94. The molecule has 0 aromatic heterocycles. The number of carbonyl (C=O) groups excluding carboxylic acids is 2. The summed E-state index contributed by atoms with van der Waals surface area (Å²) in [7, 11) is 4.84. The fourth-order valence-corrected chi connectivity index (χ4v) is 3.25. The van der Waals surface area contributed by atoms with Gasteiger partial charge in [0, 0.05) is 19.2 Å². The first kappa shape index (κ1) is 16.9. The number of hydrogen-bond donors (Lipinski definition) is 1. The van der Waals surface area contributed by atoms with Crippen molar-refractivity contribution in [1.29, 1.82) is 0 Å². The molecule has 1 atom stereocenters. The summed E-state index contributed by atoms with van der Waals surface area (Å²) in [4.78, 5) is 28.5. The number of ether oxygens (including phenoxy) is 2. The lowest BCUT2D eigenvalue weighted by molar-refractivity contribution is -0.124. The maximum absolute atomic E-state index is 12.7. The van der Waals surface area contributed by atoms with E-state index < -0.39 is 6.04 Å². The van der Waals surface area contributed by atoms with E-state index in [1.54, 1.807) is 55.3 Å². The van der Waals surface area contributed by atoms with Crippen LogP contribution in [0.3, 0.4) is 0 Å². The average Bonchev–Trinajstić information content (AvgIpc) is 2.91. The predicted molar refractivity (Wildman–Crippen MR) is 92.4 cm³/mol. The van der Waals surface area contributed by atoms with Crippen LogP contribution in [0.2, 0.25) is 0 Å². The van der Waals surface area contributed by atoms with Crippen LogP contribution >= 0.6 is 0 Å². The van der Waals surface area contributed by atoms with Crippen LogP contribution in [0.25, 0.3) is 0 Å². The van der Waals surface area contributed by atoms with Crippen LogP contribution in [0.4, 0.5) is 4.79 Å². The first-order valence-electron chi connectivity index (χ1n) is 7.91. The molecule has 1 aromatic carbocycles. The van der Waals surface area contributed by atoms with E-state index in [1.807, 2.05) is 0 Å². The lowest BCUT2D eigenvalue weighted by Crippen LogP contribution is -2.47. The third kappa shape index (κ3) is 2.71. The van der Waals surface area contributed by atoms with Gasteiger partial charge in [-0.15, -0.1) is 6.58 Å². The van der Waals surface area contributed by atoms with Crippen molar-refractivity contribution in [1.82, 2.24) is 15.1 Å². The minimum atomic E-state index is -0.592. The molecule has 0 aliphatic carbocycles. The first-order valence-corrected chi connectivity index (χ1v) is 7.91. The zero-order valence-corrected chi connectivity index (χ0v) is 14.5. The largest absolute Gasteiger partial charge is 0.497 e. The van der Waals surface area contributed by atoms with Gasteiger partial charge >= 0.3 is 6.03 Å². The van der Waals surface area contributed by atoms with E-state index in [4.69, 9.17) is 9.47 Å². The Bertz CT molecular complexity index is 772. The fourth-order valence-electron chi connectivity index (χ4n) is 3.25. The van der Waals surface area contributed by atoms with Gasteiger partial charge in [0.1, 0.15) is 11.5 Å². The third-order valence-corrected chi connectivity index (χ3v) is 4.46. The number of likely N-dealkylation sites (N-methyl/N-ethyl adjacent to an activating group) is 1. The summed E-state index contributed by atoms with van der Waals surface area (Å²) in [6, 6.07) is 4.46. The highest BCUT2D eigenvalue weighted by Crippen LogP contribution is 2.40. The second-order valence-electron chi connectivity index (χ2n) is 5.91. The van der Waals surface area contributed by atoms with Gasteiger partial charge < -0.3 is 19.7 Å². The van der Waals surface area contributed by atoms with Crippen LogP contribution < -0.4 is 14.8 Å². The van der Waals surface area contributed by atoms with Crippen molar-refractivity contribution in [3.8, 4) is 11.5 Å². The van der Waals surface area contributed by atoms with Crippen LogP contribution in [-0.4, -0.2) is 56.1 Å². The number of urea groups is 1. The van der Waals surface area contributed by atoms with Crippen LogP contribution in [0.15, 0.2) is 42.1 Å². The maximum atomic E-state index is 12.7. The van der Waals surface area contributed by atoms with E-state index in [2.05, 4.69) is 11.9 Å². The number of nitrogens with zero attached hydrogens (tertiary/aromatic N) is 2. The zero-order valence-electron chi connectivity index (χ0n) is 14.5. The zero-order chi connectivity index (χ0) is 18.1. The molecular formula is C18H21N3O4. The van der Waals surface area contributed by atoms with Crippen molar-refractivity contribution < 1.29 is 19.1 Å². The summed E-state index contributed by atoms with van der Waals surface area (Å²) in [6.07, 6.45) is 1.64. The smallest absolute Gasteiger partial charge is 0.322 e. The Kier molecular flexibility index (Phi) is 4.39. The molecule has 3 amide bonds. The lowest BCUT2D eigenvalue weighted by Gasteiger charge is -2.33. The molecule has 2 aliphatic heterocycles. The Hall–Kier alpha value is -2.96. The van der Waals surface area contributed by atoms with E-state index in [0.29, 0.717) is 41.4 Å². The Balaban J connectivity index is 2.15. The standard InChI is InChI=1S/C18H21N3O4/c1-5-8-21-13-10-20(2)17(22)15(13)16(19-18(21)23)12-9-11(24-3)6-7-14(12)25-4/h5-7,9,16H,1,8,10H2,2-4H3,(H,19,23)/t16-/m0/s1. The van der Waals surface area contributed by atoms with E-state index >= 15 is 0 Å². The van der Waals surface area contributed by atoms with Gasteiger partial charge in [0.05, 0.1) is 38.1 Å². The molecule has 132 valence electrons. The molecule has 0 saturated heterocycles. The van der Waals surface area contributed by atoms with Gasteiger partial charge in [0.2, 0.25) is 0 Å². The molecule has 25 heavy (non-hydrogen) atoms. The summed E-state index contributed by atoms with van der Waals surface area (Å²) in [5.41, 5.74) is 1.94. The molecule has 0 unspecified atom stereocenters. The summed E-state index contributed by atoms with van der Waals surface area (Å²) in [5, 5.41) is 2.91. The van der Waals surface area contributed by atoms with Gasteiger partial charge in [0.25, 0.3) is 5.91 Å². The van der Waals surface area contributed by atoms with Crippen LogP contribution in [0.5, 0.6) is 11.5 Å². The van der Waals surface area contributed by atoms with Gasteiger partial charge in [-0.3, -0.25) is 9.69 Å². The molecule has 1 N–H and O–H groups in total. The molecule has 7 heteroatoms. The Labute approximate surface area is 146 Å². The van der Waals surface area contributed by atoms with Crippen molar-refractivity contribution in [3.05, 3.63) is 47.7 Å². The van der Waals surface area contributed by atoms with Crippen LogP contribution in [0, 0.1) is 0 Å². The third-order valence-electron chi connectivity index (χ3n) is 4.46. The molecule has 3 rings (SSSR count). The number of amides is 3. The highest BCUT2D eigenvalue weighted by molar-refractivity contribution is 6.01. The van der Waals surface area contributed by atoms with Crippen LogP contribution in [0.1, 0.15) is 11.6 Å². The Morgan fingerprint density at radius 1 is 1.32 bits per heavy atom. The second kappa shape index (κ2) is 6.51. The fraction of sp³-hybridized carbons (Fsp3) is 0.333. The highest BCUT2D eigenvalue weighted by atomic mass is 16.5. The molecule has 2 heterocycles. The molecule has 0 radical (unpaired) electrons. The number of rotatable bonds is 5. The summed E-state index contributed by atoms with van der Waals surface area (Å²) < 4.78 is 10.7. The number of carbonyl (C=O) groups is 2. The maximum Gasteiger partial charge on any atom is 0.322 e. The van der Waals surface area contributed by atoms with Crippen molar-refractivity contribution in [2.75, 3.05) is 34.4 Å². The van der Waals surface area contributed by atoms with E-state index in [0.717, 1.165) is 0 Å². The summed E-state index contributed by atoms with van der Waals surface area (Å²) >= 11 is 0. The van der Waals surface area contributed by atoms with E-state index in [1.165, 1.54) is 0 Å². The van der Waals surface area contributed by atoms with Crippen LogP contribution in [-0.2, 0) is 4.79 Å². The Morgan fingerprint density at radius 2 is 2.08 bits per heavy atom. The molecule has 0 saturated carbocycles. The molecule has 0 fully saturated rings. The van der Waals surface area contributed by atoms with Gasteiger partial charge in [0.15, 0.2) is 0 Å². The van der Waals surface area contributed by atoms with Gasteiger partial charge in [-0.2, -0.15) is 0 Å². The summed E-state index contributed by atoms with van der Waals surface area (Å²) in [6.45, 7) is 4.42. The molecular weight excluding hydrogens is 322 g/mol. The van der Waals surface area contributed by atoms with Crippen molar-refractivity contribution in [2.45, 2.75) is 6.04 Å². The van der Waals surface area contributed by atoms with Gasteiger partial charge in [-0.25, -0.2) is 4.79 Å². The number of hydrogen-bond acceptors (Lipinski definition) is 4. The number of benzene rings is 1. The minimum Gasteiger partial charge on any atom is -0.497 e. The topological polar surface area (TPSA) is 71.1 Å². The van der Waals surface area contributed by atoms with Gasteiger partial charge in [-0.05, 0) is 18.2 Å². The van der Waals surface area contributed by atoms with Crippen molar-refractivity contribution in [3.63, 3.8) is 0 Å². The van der Waals surface area contributed by atoms with Crippen molar-refractivity contribution >= 4 is 11.9 Å². The van der Waals surface area contributed by atoms with E-state index in [9.17, 15) is 9.59 Å². The quantitative estimate of drug-likeness (QED) is 0.826. The SMILES string of the molecule is C=CCN1C(=O)N[C@@H](c2cc(OC)ccc2OC)C2=C1CN(C)C2=O. The second-order valence-corrected chi connectivity index (χ2v) is 5.91. The molecule has 7 nitrogen and oxygen atoms in total. The minimum absolute atomic E-state index is 0.112. The Morgan fingerprint density at radius 3 is 2.72 bits per heavy atom. The summed E-state index contributed by atoms with van der Waals surface area (Å²) in [5.74, 6) is 1.09. The number of methoxy groups -OCH3 is 2. The average molecular weight is 343 g/mol. The van der Waals surface area contributed by atoms with Gasteiger partial charge in [-0.1, -0.05) is 6.08 Å². The van der Waals surface area contributed by atoms with E-state index in [-0.39, 0.29) is 11.9 Å².